The molecule has 8 nitrogen and oxygen atoms in total. The molecule has 0 bridgehead atoms. The molecule has 1 heterocycles. The summed E-state index contributed by atoms with van der Waals surface area (Å²) in [5.74, 6) is 0. The molecule has 0 aromatic heterocycles. The summed E-state index contributed by atoms with van der Waals surface area (Å²) in [5.41, 5.74) is 6.72. The molecule has 0 saturated heterocycles. The number of hydrogen-bond donors (Lipinski definition) is 4. The topological polar surface area (TPSA) is 97.9 Å². The number of hydrogen-bond acceptors (Lipinski definition) is 4. The van der Waals surface area contributed by atoms with E-state index >= 15 is 0 Å². The van der Waals surface area contributed by atoms with Crippen LogP contribution in [0.15, 0.2) is 65.8 Å². The van der Waals surface area contributed by atoms with E-state index in [9.17, 15) is 9.59 Å². The molecule has 1 atom stereocenters. The van der Waals surface area contributed by atoms with Gasteiger partial charge in [0.05, 0.1) is 0 Å². The quantitative estimate of drug-likeness (QED) is 0.625. The number of hydrazone groups is 1. The van der Waals surface area contributed by atoms with Gasteiger partial charge in [0.25, 0.3) is 0 Å². The van der Waals surface area contributed by atoms with Crippen LogP contribution in [-0.2, 0) is 0 Å². The number of para-hydroxylation sites is 2. The third-order valence-electron chi connectivity index (χ3n) is 4.03. The molecule has 0 fully saturated rings. The largest absolute Gasteiger partial charge is 0.344 e. The van der Waals surface area contributed by atoms with Crippen LogP contribution >= 0.6 is 0 Å². The molecule has 1 aliphatic rings. The van der Waals surface area contributed by atoms with Crippen LogP contribution in [0.25, 0.3) is 0 Å². The van der Waals surface area contributed by atoms with Crippen molar-refractivity contribution in [2.75, 3.05) is 10.6 Å². The van der Waals surface area contributed by atoms with E-state index in [1.54, 1.807) is 31.2 Å². The normalized spacial score (nSPS) is 18.6. The van der Waals surface area contributed by atoms with Crippen LogP contribution in [-0.4, -0.2) is 28.4 Å². The Morgan fingerprint density at radius 1 is 0.963 bits per heavy atom. The monoisotopic (exact) mass is 366 g/mol. The van der Waals surface area contributed by atoms with E-state index in [2.05, 4.69) is 26.6 Å². The number of amides is 4. The first-order valence-corrected chi connectivity index (χ1v) is 8.56. The molecule has 1 unspecified atom stereocenters. The summed E-state index contributed by atoms with van der Waals surface area (Å²) >= 11 is 0. The summed E-state index contributed by atoms with van der Waals surface area (Å²) in [4.78, 5) is 24.8. The van der Waals surface area contributed by atoms with E-state index in [1.165, 1.54) is 5.01 Å². The average molecular weight is 366 g/mol. The van der Waals surface area contributed by atoms with Gasteiger partial charge in [-0.3, -0.25) is 5.43 Å². The van der Waals surface area contributed by atoms with Gasteiger partial charge < -0.3 is 10.6 Å². The van der Waals surface area contributed by atoms with Crippen LogP contribution < -0.4 is 21.5 Å². The lowest BCUT2D eigenvalue weighted by Crippen LogP contribution is -2.61. The van der Waals surface area contributed by atoms with E-state index in [4.69, 9.17) is 0 Å². The van der Waals surface area contributed by atoms with Gasteiger partial charge in [-0.15, -0.1) is 0 Å². The number of anilines is 2. The molecule has 2 aromatic carbocycles. The smallest absolute Gasteiger partial charge is 0.307 e. The van der Waals surface area contributed by atoms with Gasteiger partial charge in [-0.05, 0) is 38.1 Å². The number of carbonyl (C=O) groups is 2. The Balaban J connectivity index is 1.62. The number of nitrogens with zero attached hydrogens (tertiary/aromatic N) is 2. The number of urea groups is 2. The molecule has 0 radical (unpaired) electrons. The highest BCUT2D eigenvalue weighted by Crippen LogP contribution is 2.25. The Labute approximate surface area is 157 Å². The molecule has 2 aromatic rings. The minimum atomic E-state index is -0.892. The van der Waals surface area contributed by atoms with Crippen molar-refractivity contribution in [1.82, 2.24) is 15.9 Å². The number of carbonyl (C=O) groups excluding carboxylic acids is 2. The third kappa shape index (κ3) is 4.62. The predicted molar refractivity (Wildman–Crippen MR) is 105 cm³/mol. The molecule has 0 spiro atoms. The van der Waals surface area contributed by atoms with Gasteiger partial charge in [0.1, 0.15) is 5.66 Å². The second-order valence-corrected chi connectivity index (χ2v) is 6.46. The summed E-state index contributed by atoms with van der Waals surface area (Å²) in [5, 5.41) is 11.1. The van der Waals surface area contributed by atoms with Crippen LogP contribution in [0.5, 0.6) is 0 Å². The average Bonchev–Trinajstić information content (AvgIpc) is 2.97. The van der Waals surface area contributed by atoms with E-state index in [0.717, 1.165) is 5.71 Å². The Bertz CT molecular complexity index is 840. The second-order valence-electron chi connectivity index (χ2n) is 6.46. The first-order valence-electron chi connectivity index (χ1n) is 8.56. The van der Waals surface area contributed by atoms with E-state index in [1.807, 2.05) is 43.3 Å². The van der Waals surface area contributed by atoms with E-state index < -0.39 is 17.7 Å². The zero-order valence-electron chi connectivity index (χ0n) is 15.2. The first kappa shape index (κ1) is 18.4. The molecule has 4 N–H and O–H groups in total. The van der Waals surface area contributed by atoms with Gasteiger partial charge in [-0.2, -0.15) is 10.1 Å². The fraction of sp³-hybridized carbons (Fsp3) is 0.211. The van der Waals surface area contributed by atoms with Gasteiger partial charge in [0.15, 0.2) is 0 Å². The molecule has 8 heteroatoms. The summed E-state index contributed by atoms with van der Waals surface area (Å²) in [6.45, 7) is 3.63. The zero-order valence-corrected chi connectivity index (χ0v) is 15.2. The minimum Gasteiger partial charge on any atom is -0.307 e. The predicted octanol–water partition coefficient (Wildman–Crippen LogP) is 3.34. The van der Waals surface area contributed by atoms with Gasteiger partial charge in [-0.25, -0.2) is 15.0 Å². The third-order valence-corrected chi connectivity index (χ3v) is 4.03. The summed E-state index contributed by atoms with van der Waals surface area (Å²) in [6.07, 6.45) is 0.473. The number of rotatable bonds is 4. The molecular weight excluding hydrogens is 344 g/mol. The highest BCUT2D eigenvalue weighted by Gasteiger charge is 2.41. The lowest BCUT2D eigenvalue weighted by molar-refractivity contribution is 0.117. The van der Waals surface area contributed by atoms with Crippen LogP contribution in [0.1, 0.15) is 20.3 Å². The molecule has 1 aliphatic heterocycles. The van der Waals surface area contributed by atoms with Crippen LogP contribution in [0.3, 0.4) is 0 Å². The maximum Gasteiger partial charge on any atom is 0.344 e. The van der Waals surface area contributed by atoms with Crippen molar-refractivity contribution in [3.63, 3.8) is 0 Å². The fourth-order valence-corrected chi connectivity index (χ4v) is 2.83. The second kappa shape index (κ2) is 7.88. The maximum atomic E-state index is 12.7. The summed E-state index contributed by atoms with van der Waals surface area (Å²) < 4.78 is 0. The van der Waals surface area contributed by atoms with E-state index in [-0.39, 0.29) is 0 Å². The SMILES string of the molecule is CC1=NN(C(=O)Nc2ccccc2)C(C)(NNC(=O)Nc2ccccc2)C1. The van der Waals surface area contributed by atoms with Crippen molar-refractivity contribution in [1.29, 1.82) is 0 Å². The molecule has 3 rings (SSSR count). The molecule has 27 heavy (non-hydrogen) atoms. The van der Waals surface area contributed by atoms with Gasteiger partial charge in [-0.1, -0.05) is 36.4 Å². The van der Waals surface area contributed by atoms with Crippen molar-refractivity contribution >= 4 is 29.1 Å². The minimum absolute atomic E-state index is 0.390. The number of nitrogens with one attached hydrogen (secondary N) is 4. The van der Waals surface area contributed by atoms with Gasteiger partial charge >= 0.3 is 12.1 Å². The first-order chi connectivity index (χ1) is 13.0. The standard InChI is InChI=1S/C19H22N6O2/c1-14-13-19(2,24-22-17(26)20-15-9-5-3-6-10-15)25(23-14)18(27)21-16-11-7-4-8-12-16/h3-12,24H,13H2,1-2H3,(H,21,27)(H2,20,22,26). The highest BCUT2D eigenvalue weighted by atomic mass is 16.2. The molecule has 0 saturated carbocycles. The summed E-state index contributed by atoms with van der Waals surface area (Å²) in [7, 11) is 0. The van der Waals surface area contributed by atoms with E-state index in [0.29, 0.717) is 17.8 Å². The Kier molecular flexibility index (Phi) is 5.37. The molecule has 140 valence electrons. The molecular formula is C19H22N6O2. The Hall–Kier alpha value is -3.39. The van der Waals surface area contributed by atoms with Gasteiger partial charge in [0.2, 0.25) is 0 Å². The fourth-order valence-electron chi connectivity index (χ4n) is 2.83. The highest BCUT2D eigenvalue weighted by molar-refractivity contribution is 5.94. The van der Waals surface area contributed by atoms with Crippen molar-refractivity contribution in [3.05, 3.63) is 60.7 Å². The van der Waals surface area contributed by atoms with Crippen molar-refractivity contribution in [2.24, 2.45) is 5.10 Å². The maximum absolute atomic E-state index is 12.7. The Morgan fingerprint density at radius 2 is 1.52 bits per heavy atom. The number of hydrazine groups is 1. The molecule has 0 aliphatic carbocycles. The van der Waals surface area contributed by atoms with Crippen LogP contribution in [0, 0.1) is 0 Å². The zero-order chi connectivity index (χ0) is 19.3. The van der Waals surface area contributed by atoms with Crippen molar-refractivity contribution in [3.8, 4) is 0 Å². The lowest BCUT2D eigenvalue weighted by Gasteiger charge is -2.33. The number of benzene rings is 2. The Morgan fingerprint density at radius 3 is 2.11 bits per heavy atom. The van der Waals surface area contributed by atoms with Crippen LogP contribution in [0.2, 0.25) is 0 Å². The van der Waals surface area contributed by atoms with Crippen molar-refractivity contribution < 1.29 is 9.59 Å². The van der Waals surface area contributed by atoms with Crippen molar-refractivity contribution in [2.45, 2.75) is 25.9 Å². The van der Waals surface area contributed by atoms with Crippen LogP contribution in [0.4, 0.5) is 21.0 Å². The lowest BCUT2D eigenvalue weighted by atomic mass is 10.1. The summed E-state index contributed by atoms with van der Waals surface area (Å²) in [6, 6.07) is 17.4. The molecule has 4 amide bonds. The van der Waals surface area contributed by atoms with Gasteiger partial charge in [0, 0.05) is 23.5 Å².